The molecule has 170 valence electrons. The van der Waals surface area contributed by atoms with Gasteiger partial charge in [-0.05, 0) is 49.4 Å². The molecule has 0 aliphatic heterocycles. The molecule has 0 unspecified atom stereocenters. The van der Waals surface area contributed by atoms with Crippen LogP contribution < -0.4 is 4.72 Å². The molecule has 32 heavy (non-hydrogen) atoms. The third-order valence-electron chi connectivity index (χ3n) is 6.10. The Labute approximate surface area is 189 Å². The van der Waals surface area contributed by atoms with Crippen LogP contribution in [-0.2, 0) is 16.8 Å². The maximum absolute atomic E-state index is 13.5. The van der Waals surface area contributed by atoms with Crippen LogP contribution in [0.1, 0.15) is 49.8 Å². The number of H-pyrrole nitrogens is 1. The molecule has 1 heterocycles. The Kier molecular flexibility index (Phi) is 7.03. The molecule has 8 heteroatoms. The van der Waals surface area contributed by atoms with E-state index in [4.69, 9.17) is 0 Å². The molecular formula is C24H29FN4O2S. The highest BCUT2D eigenvalue weighted by molar-refractivity contribution is 7.87. The number of benzene rings is 2. The van der Waals surface area contributed by atoms with Crippen LogP contribution in [0.2, 0.25) is 0 Å². The lowest BCUT2D eigenvalue weighted by Crippen LogP contribution is -2.46. The summed E-state index contributed by atoms with van der Waals surface area (Å²) in [6.45, 7) is 2.63. The third-order valence-corrected chi connectivity index (χ3v) is 7.79. The summed E-state index contributed by atoms with van der Waals surface area (Å²) in [4.78, 5) is 0. The number of nitrogens with one attached hydrogen (secondary N) is 2. The van der Waals surface area contributed by atoms with Crippen LogP contribution >= 0.6 is 0 Å². The zero-order valence-electron chi connectivity index (χ0n) is 18.2. The Bertz CT molecular complexity index is 1130. The van der Waals surface area contributed by atoms with E-state index in [9.17, 15) is 12.8 Å². The zero-order chi connectivity index (χ0) is 22.6. The van der Waals surface area contributed by atoms with Crippen LogP contribution in [0.15, 0.2) is 60.7 Å². The molecule has 0 bridgehead atoms. The van der Waals surface area contributed by atoms with Crippen molar-refractivity contribution in [1.29, 1.82) is 0 Å². The van der Waals surface area contributed by atoms with E-state index in [1.165, 1.54) is 16.4 Å². The molecule has 1 aliphatic rings. The lowest BCUT2D eigenvalue weighted by molar-refractivity contribution is 0.351. The fourth-order valence-electron chi connectivity index (χ4n) is 4.30. The van der Waals surface area contributed by atoms with E-state index in [2.05, 4.69) is 14.9 Å². The average molecular weight is 457 g/mol. The van der Waals surface area contributed by atoms with Crippen LogP contribution in [0.25, 0.3) is 11.3 Å². The topological polar surface area (TPSA) is 78.1 Å². The van der Waals surface area contributed by atoms with Crippen molar-refractivity contribution in [3.05, 3.63) is 77.7 Å². The van der Waals surface area contributed by atoms with E-state index in [-0.39, 0.29) is 17.8 Å². The fraction of sp³-hybridized carbons (Fsp3) is 0.375. The Morgan fingerprint density at radius 3 is 2.50 bits per heavy atom. The van der Waals surface area contributed by atoms with Gasteiger partial charge in [-0.25, -0.2) is 4.39 Å². The van der Waals surface area contributed by atoms with Crippen molar-refractivity contribution in [2.24, 2.45) is 0 Å². The lowest BCUT2D eigenvalue weighted by Gasteiger charge is -2.30. The molecule has 2 N–H and O–H groups in total. The van der Waals surface area contributed by atoms with Gasteiger partial charge in [0.2, 0.25) is 0 Å². The van der Waals surface area contributed by atoms with Gasteiger partial charge in [0.1, 0.15) is 5.82 Å². The van der Waals surface area contributed by atoms with Crippen molar-refractivity contribution in [2.45, 2.75) is 51.1 Å². The molecule has 0 amide bonds. The highest BCUT2D eigenvalue weighted by Gasteiger charge is 2.29. The summed E-state index contributed by atoms with van der Waals surface area (Å²) in [5.41, 5.74) is 3.45. The molecular weight excluding hydrogens is 427 g/mol. The fourth-order valence-corrected chi connectivity index (χ4v) is 5.77. The van der Waals surface area contributed by atoms with E-state index in [0.717, 1.165) is 48.2 Å². The molecule has 6 nitrogen and oxygen atoms in total. The van der Waals surface area contributed by atoms with Gasteiger partial charge in [-0.2, -0.15) is 22.5 Å². The Balaban J connectivity index is 1.34. The molecule has 0 spiro atoms. The van der Waals surface area contributed by atoms with Gasteiger partial charge < -0.3 is 0 Å². The quantitative estimate of drug-likeness (QED) is 0.520. The van der Waals surface area contributed by atoms with Crippen molar-refractivity contribution in [3.8, 4) is 11.3 Å². The molecule has 0 radical (unpaired) electrons. The summed E-state index contributed by atoms with van der Waals surface area (Å²) < 4.78 is 43.8. The van der Waals surface area contributed by atoms with E-state index in [1.807, 2.05) is 49.4 Å². The predicted octanol–water partition coefficient (Wildman–Crippen LogP) is 4.60. The van der Waals surface area contributed by atoms with Gasteiger partial charge in [0.25, 0.3) is 10.2 Å². The number of rotatable bonds is 8. The van der Waals surface area contributed by atoms with Gasteiger partial charge in [-0.3, -0.25) is 5.10 Å². The largest absolute Gasteiger partial charge is 0.282 e. The number of nitrogens with zero attached hydrogens (tertiary/aromatic N) is 2. The van der Waals surface area contributed by atoms with Crippen LogP contribution in [0, 0.1) is 5.82 Å². The van der Waals surface area contributed by atoms with Gasteiger partial charge >= 0.3 is 0 Å². The first-order valence-electron chi connectivity index (χ1n) is 11.1. The predicted molar refractivity (Wildman–Crippen MR) is 124 cm³/mol. The Morgan fingerprint density at radius 2 is 1.81 bits per heavy atom. The lowest BCUT2D eigenvalue weighted by atomic mass is 9.84. The second-order valence-corrected chi connectivity index (χ2v) is 10.0. The molecule has 4 rings (SSSR count). The number of aromatic nitrogens is 2. The second kappa shape index (κ2) is 9.94. The summed E-state index contributed by atoms with van der Waals surface area (Å²) in [6, 6.07) is 17.9. The minimum absolute atomic E-state index is 0.0771. The van der Waals surface area contributed by atoms with E-state index in [0.29, 0.717) is 13.1 Å². The minimum atomic E-state index is -3.56. The summed E-state index contributed by atoms with van der Waals surface area (Å²) in [7, 11) is -3.56. The van der Waals surface area contributed by atoms with E-state index >= 15 is 0 Å². The SMILES string of the molecule is CCN(Cc1ccccc1)S(=O)(=O)NC1CCC(c2cc(-c3cccc(F)c3)n[nH]2)CC1. The first-order chi connectivity index (χ1) is 15.4. The maximum Gasteiger partial charge on any atom is 0.279 e. The number of hydrogen-bond donors (Lipinski definition) is 2. The van der Waals surface area contributed by atoms with Gasteiger partial charge in [0.05, 0.1) is 5.69 Å². The molecule has 2 aromatic carbocycles. The maximum atomic E-state index is 13.5. The molecule has 3 aromatic rings. The van der Waals surface area contributed by atoms with Gasteiger partial charge in [-0.1, -0.05) is 49.4 Å². The number of halogens is 1. The summed E-state index contributed by atoms with van der Waals surface area (Å²) in [5, 5.41) is 7.44. The van der Waals surface area contributed by atoms with Crippen molar-refractivity contribution in [3.63, 3.8) is 0 Å². The van der Waals surface area contributed by atoms with Crippen LogP contribution in [0.3, 0.4) is 0 Å². The third kappa shape index (κ3) is 5.43. The molecule has 0 atom stereocenters. The molecule has 1 saturated carbocycles. The van der Waals surface area contributed by atoms with E-state index in [1.54, 1.807) is 6.07 Å². The van der Waals surface area contributed by atoms with Crippen LogP contribution in [-0.4, -0.2) is 35.5 Å². The second-order valence-electron chi connectivity index (χ2n) is 8.30. The molecule has 1 fully saturated rings. The molecule has 1 aliphatic carbocycles. The Hall–Kier alpha value is -2.55. The standard InChI is InChI=1S/C24H29FN4O2S/c1-2-29(17-18-7-4-3-5-8-18)32(30,31)28-22-13-11-19(12-14-22)23-16-24(27-26-23)20-9-6-10-21(25)15-20/h3-10,15-16,19,22,28H,2,11-14,17H2,1H3,(H,26,27). The number of hydrogen-bond acceptors (Lipinski definition) is 3. The first-order valence-corrected chi connectivity index (χ1v) is 12.5. The zero-order valence-corrected chi connectivity index (χ0v) is 19.0. The van der Waals surface area contributed by atoms with E-state index < -0.39 is 10.2 Å². The molecule has 0 saturated heterocycles. The highest BCUT2D eigenvalue weighted by atomic mass is 32.2. The highest BCUT2D eigenvalue weighted by Crippen LogP contribution is 2.34. The smallest absolute Gasteiger partial charge is 0.279 e. The number of aromatic amines is 1. The van der Waals surface area contributed by atoms with Crippen molar-refractivity contribution >= 4 is 10.2 Å². The van der Waals surface area contributed by atoms with Crippen LogP contribution in [0.4, 0.5) is 4.39 Å². The summed E-state index contributed by atoms with van der Waals surface area (Å²) in [6.07, 6.45) is 3.26. The van der Waals surface area contributed by atoms with Crippen molar-refractivity contribution in [1.82, 2.24) is 19.2 Å². The normalized spacial score (nSPS) is 19.3. The minimum Gasteiger partial charge on any atom is -0.282 e. The summed E-state index contributed by atoms with van der Waals surface area (Å²) in [5.74, 6) is 0.00499. The average Bonchev–Trinajstić information content (AvgIpc) is 3.29. The summed E-state index contributed by atoms with van der Waals surface area (Å²) >= 11 is 0. The van der Waals surface area contributed by atoms with Crippen LogP contribution in [0.5, 0.6) is 0 Å². The first kappa shape index (κ1) is 22.6. The molecule has 1 aromatic heterocycles. The van der Waals surface area contributed by atoms with Crippen molar-refractivity contribution in [2.75, 3.05) is 6.54 Å². The monoisotopic (exact) mass is 456 g/mol. The van der Waals surface area contributed by atoms with Gasteiger partial charge in [0.15, 0.2) is 0 Å². The Morgan fingerprint density at radius 1 is 1.06 bits per heavy atom. The van der Waals surface area contributed by atoms with Gasteiger partial charge in [-0.15, -0.1) is 0 Å². The van der Waals surface area contributed by atoms with Crippen molar-refractivity contribution < 1.29 is 12.8 Å². The van der Waals surface area contributed by atoms with Gasteiger partial charge in [0, 0.05) is 36.3 Å².